The molecule has 2 N–H and O–H groups in total. The minimum absolute atomic E-state index is 0.0199. The number of hydrogen-bond donors (Lipinski definition) is 2. The van der Waals surface area contributed by atoms with Crippen molar-refractivity contribution >= 4 is 17.3 Å². The molecular formula is C11H15F3O4S. The molecule has 1 aromatic heterocycles. The molecule has 1 rings (SSSR count). The van der Waals surface area contributed by atoms with E-state index >= 15 is 0 Å². The minimum atomic E-state index is -4.51. The smallest absolute Gasteiger partial charge is 0.478 e. The maximum Gasteiger partial charge on any atom is 0.522 e. The molecule has 19 heavy (non-hydrogen) atoms. The van der Waals surface area contributed by atoms with Gasteiger partial charge in [-0.3, -0.25) is 4.74 Å². The van der Waals surface area contributed by atoms with Gasteiger partial charge in [0.05, 0.1) is 12.2 Å². The highest BCUT2D eigenvalue weighted by Crippen LogP contribution is 2.16. The maximum absolute atomic E-state index is 11.3. The highest BCUT2D eigenvalue weighted by Gasteiger charge is 2.28. The number of carbonyl (C=O) groups is 1. The molecule has 8 heteroatoms. The van der Waals surface area contributed by atoms with Crippen molar-refractivity contribution in [1.82, 2.24) is 0 Å². The van der Waals surface area contributed by atoms with E-state index in [0.717, 1.165) is 0 Å². The largest absolute Gasteiger partial charge is 0.522 e. The van der Waals surface area contributed by atoms with Crippen LogP contribution >= 0.6 is 11.3 Å². The van der Waals surface area contributed by atoms with Crippen LogP contribution in [0.2, 0.25) is 0 Å². The summed E-state index contributed by atoms with van der Waals surface area (Å²) < 4.78 is 37.4. The van der Waals surface area contributed by atoms with Crippen LogP contribution in [0.4, 0.5) is 13.2 Å². The third kappa shape index (κ3) is 11.7. The van der Waals surface area contributed by atoms with Crippen LogP contribution in [0.15, 0.2) is 16.8 Å². The Morgan fingerprint density at radius 3 is 2.37 bits per heavy atom. The molecule has 0 aliphatic rings. The first-order chi connectivity index (χ1) is 8.87. The Bertz CT molecular complexity index is 338. The van der Waals surface area contributed by atoms with Gasteiger partial charge in [0, 0.05) is 12.0 Å². The van der Waals surface area contributed by atoms with Crippen molar-refractivity contribution in [1.29, 1.82) is 0 Å². The van der Waals surface area contributed by atoms with Gasteiger partial charge >= 0.3 is 12.3 Å². The summed E-state index contributed by atoms with van der Waals surface area (Å²) in [5.74, 6) is -0.855. The number of ether oxygens (including phenoxy) is 1. The van der Waals surface area contributed by atoms with Crippen molar-refractivity contribution in [2.45, 2.75) is 25.6 Å². The minimum Gasteiger partial charge on any atom is -0.478 e. The number of hydrogen-bond acceptors (Lipinski definition) is 4. The molecule has 0 bridgehead atoms. The van der Waals surface area contributed by atoms with Crippen molar-refractivity contribution in [2.24, 2.45) is 0 Å². The number of alkyl halides is 3. The van der Waals surface area contributed by atoms with Crippen LogP contribution in [0, 0.1) is 0 Å². The first-order valence-electron chi connectivity index (χ1n) is 5.44. The van der Waals surface area contributed by atoms with Crippen molar-refractivity contribution < 1.29 is 32.9 Å². The summed E-state index contributed by atoms with van der Waals surface area (Å²) in [6, 6.07) is 1.58. The summed E-state index contributed by atoms with van der Waals surface area (Å²) in [5, 5.41) is 19.9. The van der Waals surface area contributed by atoms with Crippen LogP contribution in [0.5, 0.6) is 0 Å². The first kappa shape index (κ1) is 17.9. The van der Waals surface area contributed by atoms with E-state index in [9.17, 15) is 18.0 Å². The van der Waals surface area contributed by atoms with Gasteiger partial charge in [0.2, 0.25) is 0 Å². The Labute approximate surface area is 112 Å². The second kappa shape index (κ2) is 9.76. The lowest BCUT2D eigenvalue weighted by molar-refractivity contribution is -0.324. The molecule has 0 aromatic carbocycles. The SMILES string of the molecule is O=C(O)c1ccsc1.OCCCCCOC(F)(F)F. The fourth-order valence-corrected chi connectivity index (χ4v) is 1.59. The Kier molecular flexibility index (Phi) is 9.19. The summed E-state index contributed by atoms with van der Waals surface area (Å²) in [7, 11) is 0. The molecule has 0 saturated carbocycles. The van der Waals surface area contributed by atoms with Crippen LogP contribution < -0.4 is 0 Å². The van der Waals surface area contributed by atoms with Gasteiger partial charge in [-0.15, -0.1) is 13.2 Å². The van der Waals surface area contributed by atoms with Crippen molar-refractivity contribution in [3.05, 3.63) is 22.4 Å². The molecular weight excluding hydrogens is 285 g/mol. The lowest BCUT2D eigenvalue weighted by Crippen LogP contribution is -2.14. The van der Waals surface area contributed by atoms with E-state index in [0.29, 0.717) is 24.8 Å². The fourth-order valence-electron chi connectivity index (χ4n) is 0.965. The van der Waals surface area contributed by atoms with E-state index in [1.165, 1.54) is 11.3 Å². The fraction of sp³-hybridized carbons (Fsp3) is 0.545. The molecule has 0 radical (unpaired) electrons. The zero-order valence-corrected chi connectivity index (χ0v) is 10.8. The second-order valence-electron chi connectivity index (χ2n) is 3.40. The number of unbranched alkanes of at least 4 members (excludes halogenated alkanes) is 2. The molecule has 0 unspecified atom stereocenters. The Balaban J connectivity index is 0.000000356. The number of halogens is 3. The van der Waals surface area contributed by atoms with Crippen LogP contribution in [0.25, 0.3) is 0 Å². The summed E-state index contributed by atoms with van der Waals surface area (Å²) >= 11 is 1.39. The second-order valence-corrected chi connectivity index (χ2v) is 4.18. The maximum atomic E-state index is 11.3. The number of aliphatic hydroxyl groups excluding tert-OH is 1. The topological polar surface area (TPSA) is 66.8 Å². The van der Waals surface area contributed by atoms with E-state index in [-0.39, 0.29) is 13.2 Å². The van der Waals surface area contributed by atoms with Gasteiger partial charge < -0.3 is 10.2 Å². The van der Waals surface area contributed by atoms with E-state index in [4.69, 9.17) is 10.2 Å². The number of rotatable bonds is 6. The lowest BCUT2D eigenvalue weighted by Gasteiger charge is -2.05. The third-order valence-corrected chi connectivity index (χ3v) is 2.52. The van der Waals surface area contributed by atoms with Crippen molar-refractivity contribution in [2.75, 3.05) is 13.2 Å². The third-order valence-electron chi connectivity index (χ3n) is 1.84. The molecule has 0 amide bonds. The summed E-state index contributed by atoms with van der Waals surface area (Å²) in [5.41, 5.74) is 0.370. The average Bonchev–Trinajstić information content (AvgIpc) is 2.81. The summed E-state index contributed by atoms with van der Waals surface area (Å²) in [4.78, 5) is 10.1. The summed E-state index contributed by atoms with van der Waals surface area (Å²) in [6.07, 6.45) is -3.09. The molecule has 0 atom stereocenters. The Morgan fingerprint density at radius 2 is 2.00 bits per heavy atom. The first-order valence-corrected chi connectivity index (χ1v) is 6.38. The molecule has 1 aromatic rings. The van der Waals surface area contributed by atoms with Crippen LogP contribution in [-0.4, -0.2) is 35.8 Å². The van der Waals surface area contributed by atoms with Crippen LogP contribution in [0.1, 0.15) is 29.6 Å². The van der Waals surface area contributed by atoms with Gasteiger partial charge in [0.15, 0.2) is 0 Å². The van der Waals surface area contributed by atoms with Gasteiger partial charge in [-0.2, -0.15) is 11.3 Å². The van der Waals surface area contributed by atoms with Crippen molar-refractivity contribution in [3.63, 3.8) is 0 Å². The van der Waals surface area contributed by atoms with E-state index in [2.05, 4.69) is 4.74 Å². The molecule has 0 saturated heterocycles. The predicted molar refractivity (Wildman–Crippen MR) is 64.2 cm³/mol. The molecule has 0 aliphatic heterocycles. The number of carboxylic acid groups (broad SMARTS) is 1. The van der Waals surface area contributed by atoms with Gasteiger partial charge in [-0.1, -0.05) is 0 Å². The van der Waals surface area contributed by atoms with Gasteiger partial charge in [0.25, 0.3) is 0 Å². The normalized spacial score (nSPS) is 10.7. The van der Waals surface area contributed by atoms with Crippen molar-refractivity contribution in [3.8, 4) is 0 Å². The van der Waals surface area contributed by atoms with Crippen LogP contribution in [0.3, 0.4) is 0 Å². The van der Waals surface area contributed by atoms with Gasteiger partial charge in [-0.25, -0.2) is 4.79 Å². The Hall–Kier alpha value is -1.12. The molecule has 0 spiro atoms. The van der Waals surface area contributed by atoms with Gasteiger partial charge in [0.1, 0.15) is 0 Å². The zero-order chi connectivity index (χ0) is 14.7. The standard InChI is InChI=1S/C6H11F3O2.C5H4O2S/c7-6(8,9)11-5-3-1-2-4-10;6-5(7)4-1-2-8-3-4/h10H,1-5H2;1-3H,(H,6,7). The van der Waals surface area contributed by atoms with E-state index in [1.54, 1.807) is 16.8 Å². The number of thiophene rings is 1. The monoisotopic (exact) mass is 300 g/mol. The average molecular weight is 300 g/mol. The number of aromatic carboxylic acids is 1. The Morgan fingerprint density at radius 1 is 1.32 bits per heavy atom. The summed E-state index contributed by atoms with van der Waals surface area (Å²) in [6.45, 7) is -0.296. The number of aliphatic hydroxyl groups is 1. The highest BCUT2D eigenvalue weighted by molar-refractivity contribution is 7.08. The molecule has 0 aliphatic carbocycles. The molecule has 1 heterocycles. The van der Waals surface area contributed by atoms with Gasteiger partial charge in [-0.05, 0) is 30.7 Å². The molecule has 110 valence electrons. The zero-order valence-electron chi connectivity index (χ0n) is 10.0. The van der Waals surface area contributed by atoms with E-state index in [1.807, 2.05) is 0 Å². The quantitative estimate of drug-likeness (QED) is 0.792. The van der Waals surface area contributed by atoms with Crippen LogP contribution in [-0.2, 0) is 4.74 Å². The van der Waals surface area contributed by atoms with E-state index < -0.39 is 12.3 Å². The predicted octanol–water partition coefficient (Wildman–Crippen LogP) is 3.13. The highest BCUT2D eigenvalue weighted by atomic mass is 32.1. The lowest BCUT2D eigenvalue weighted by atomic mass is 10.2. The number of carboxylic acids is 1. The molecule has 0 fully saturated rings. The molecule has 4 nitrogen and oxygen atoms in total.